The molecule has 2 aromatic carbocycles. The maximum Gasteiger partial charge on any atom is 0.248 e. The molecular formula is C20H23NO4. The fraction of sp³-hybridized carbons (Fsp3) is 0.250. The molecule has 1 amide bonds. The molecule has 25 heavy (non-hydrogen) atoms. The predicted molar refractivity (Wildman–Crippen MR) is 99.7 cm³/mol. The van der Waals surface area contributed by atoms with E-state index in [1.807, 2.05) is 26.0 Å². The summed E-state index contributed by atoms with van der Waals surface area (Å²) in [5.41, 5.74) is 3.88. The van der Waals surface area contributed by atoms with E-state index in [2.05, 4.69) is 11.4 Å². The molecular weight excluding hydrogens is 318 g/mol. The van der Waals surface area contributed by atoms with Gasteiger partial charge in [-0.15, -0.1) is 0 Å². The van der Waals surface area contributed by atoms with Crippen LogP contribution >= 0.6 is 0 Å². The highest BCUT2D eigenvalue weighted by molar-refractivity contribution is 6.02. The normalized spacial score (nSPS) is 10.6. The summed E-state index contributed by atoms with van der Waals surface area (Å²) in [4.78, 5) is 12.2. The molecule has 0 bridgehead atoms. The monoisotopic (exact) mass is 341 g/mol. The summed E-state index contributed by atoms with van der Waals surface area (Å²) in [6.45, 7) is 4.06. The molecule has 0 aliphatic rings. The van der Waals surface area contributed by atoms with Crippen LogP contribution < -0.4 is 19.5 Å². The van der Waals surface area contributed by atoms with Gasteiger partial charge in [0.1, 0.15) is 0 Å². The Bertz CT molecular complexity index is 771. The Kier molecular flexibility index (Phi) is 6.06. The molecule has 0 aromatic heterocycles. The van der Waals surface area contributed by atoms with Crippen molar-refractivity contribution in [1.82, 2.24) is 0 Å². The number of rotatable bonds is 6. The van der Waals surface area contributed by atoms with Gasteiger partial charge in [-0.05, 0) is 31.1 Å². The lowest BCUT2D eigenvalue weighted by Crippen LogP contribution is -2.08. The van der Waals surface area contributed by atoms with E-state index >= 15 is 0 Å². The molecule has 0 saturated carbocycles. The Morgan fingerprint density at radius 3 is 2.12 bits per heavy atom. The minimum absolute atomic E-state index is 0.241. The van der Waals surface area contributed by atoms with Crippen LogP contribution in [-0.4, -0.2) is 27.2 Å². The molecule has 0 unspecified atom stereocenters. The van der Waals surface area contributed by atoms with E-state index in [1.165, 1.54) is 33.0 Å². The van der Waals surface area contributed by atoms with E-state index in [0.717, 1.165) is 11.1 Å². The molecule has 0 spiro atoms. The Labute approximate surface area is 148 Å². The van der Waals surface area contributed by atoms with Crippen LogP contribution in [-0.2, 0) is 4.79 Å². The first-order chi connectivity index (χ1) is 12.0. The number of hydrogen-bond donors (Lipinski definition) is 1. The smallest absolute Gasteiger partial charge is 0.248 e. The molecule has 2 aromatic rings. The third-order valence-electron chi connectivity index (χ3n) is 3.77. The molecule has 5 nitrogen and oxygen atoms in total. The zero-order chi connectivity index (χ0) is 18.4. The number of benzene rings is 2. The Morgan fingerprint density at radius 1 is 0.960 bits per heavy atom. The SMILES string of the molecule is COc1cc(NC(=O)/C=C/c2ccc(C)cc2C)cc(OC)c1OC. The van der Waals surface area contributed by atoms with Gasteiger partial charge in [0.15, 0.2) is 11.5 Å². The molecule has 1 N–H and O–H groups in total. The second kappa shape index (κ2) is 8.24. The van der Waals surface area contributed by atoms with Crippen LogP contribution in [0.4, 0.5) is 5.69 Å². The summed E-state index contributed by atoms with van der Waals surface area (Å²) in [6, 6.07) is 9.46. The largest absolute Gasteiger partial charge is 0.493 e. The summed E-state index contributed by atoms with van der Waals surface area (Å²) in [7, 11) is 4.59. The van der Waals surface area contributed by atoms with Gasteiger partial charge in [-0.3, -0.25) is 4.79 Å². The molecule has 0 radical (unpaired) electrons. The van der Waals surface area contributed by atoms with Crippen molar-refractivity contribution in [3.63, 3.8) is 0 Å². The van der Waals surface area contributed by atoms with Crippen molar-refractivity contribution in [3.05, 3.63) is 53.1 Å². The molecule has 0 fully saturated rings. The Morgan fingerprint density at radius 2 is 1.60 bits per heavy atom. The highest BCUT2D eigenvalue weighted by Crippen LogP contribution is 2.39. The quantitative estimate of drug-likeness (QED) is 0.808. The maximum absolute atomic E-state index is 12.2. The van der Waals surface area contributed by atoms with Gasteiger partial charge in [-0.2, -0.15) is 0 Å². The summed E-state index contributed by atoms with van der Waals surface area (Å²) < 4.78 is 15.8. The van der Waals surface area contributed by atoms with Crippen molar-refractivity contribution in [2.75, 3.05) is 26.6 Å². The van der Waals surface area contributed by atoms with E-state index in [1.54, 1.807) is 18.2 Å². The van der Waals surface area contributed by atoms with E-state index in [-0.39, 0.29) is 5.91 Å². The van der Waals surface area contributed by atoms with Gasteiger partial charge in [0.05, 0.1) is 21.3 Å². The number of carbonyl (C=O) groups excluding carboxylic acids is 1. The first-order valence-electron chi connectivity index (χ1n) is 7.84. The molecule has 0 saturated heterocycles. The number of aryl methyl sites for hydroxylation is 2. The lowest BCUT2D eigenvalue weighted by Gasteiger charge is -2.14. The zero-order valence-electron chi connectivity index (χ0n) is 15.2. The highest BCUT2D eigenvalue weighted by Gasteiger charge is 2.13. The average molecular weight is 341 g/mol. The molecule has 0 heterocycles. The van der Waals surface area contributed by atoms with Gasteiger partial charge < -0.3 is 19.5 Å². The van der Waals surface area contributed by atoms with Gasteiger partial charge in [-0.25, -0.2) is 0 Å². The lowest BCUT2D eigenvalue weighted by molar-refractivity contribution is -0.111. The molecule has 0 aliphatic heterocycles. The number of carbonyl (C=O) groups is 1. The summed E-state index contributed by atoms with van der Waals surface area (Å²) in [5, 5.41) is 2.80. The number of anilines is 1. The van der Waals surface area contributed by atoms with Crippen LogP contribution in [0, 0.1) is 13.8 Å². The number of nitrogens with one attached hydrogen (secondary N) is 1. The number of ether oxygens (including phenoxy) is 3. The molecule has 0 atom stereocenters. The minimum Gasteiger partial charge on any atom is -0.493 e. The van der Waals surface area contributed by atoms with Gasteiger partial charge in [-0.1, -0.05) is 23.8 Å². The Balaban J connectivity index is 2.18. The number of methoxy groups -OCH3 is 3. The van der Waals surface area contributed by atoms with Gasteiger partial charge in [0.25, 0.3) is 0 Å². The fourth-order valence-corrected chi connectivity index (χ4v) is 2.52. The molecule has 132 valence electrons. The van der Waals surface area contributed by atoms with E-state index < -0.39 is 0 Å². The van der Waals surface area contributed by atoms with E-state index in [4.69, 9.17) is 14.2 Å². The van der Waals surface area contributed by atoms with E-state index in [0.29, 0.717) is 22.9 Å². The van der Waals surface area contributed by atoms with Crippen molar-refractivity contribution in [3.8, 4) is 17.2 Å². The number of amides is 1. The van der Waals surface area contributed by atoms with Crippen molar-refractivity contribution in [2.24, 2.45) is 0 Å². The average Bonchev–Trinajstić information content (AvgIpc) is 2.60. The summed E-state index contributed by atoms with van der Waals surface area (Å²) >= 11 is 0. The second-order valence-electron chi connectivity index (χ2n) is 5.60. The van der Waals surface area contributed by atoms with Crippen LogP contribution in [0.3, 0.4) is 0 Å². The van der Waals surface area contributed by atoms with Gasteiger partial charge >= 0.3 is 0 Å². The predicted octanol–water partition coefficient (Wildman–Crippen LogP) is 3.98. The molecule has 2 rings (SSSR count). The fourth-order valence-electron chi connectivity index (χ4n) is 2.52. The highest BCUT2D eigenvalue weighted by atomic mass is 16.5. The standard InChI is InChI=1S/C20H23NO4/c1-13-6-7-15(14(2)10-13)8-9-19(22)21-16-11-17(23-3)20(25-5)18(12-16)24-4/h6-12H,1-5H3,(H,21,22)/b9-8+. The number of hydrogen-bond acceptors (Lipinski definition) is 4. The first kappa shape index (κ1) is 18.4. The molecule has 0 aliphatic carbocycles. The summed E-state index contributed by atoms with van der Waals surface area (Å²) in [6.07, 6.45) is 3.29. The second-order valence-corrected chi connectivity index (χ2v) is 5.60. The topological polar surface area (TPSA) is 56.8 Å². The van der Waals surface area contributed by atoms with Crippen LogP contribution in [0.2, 0.25) is 0 Å². The third-order valence-corrected chi connectivity index (χ3v) is 3.77. The molecule has 5 heteroatoms. The maximum atomic E-state index is 12.2. The van der Waals surface area contributed by atoms with Crippen LogP contribution in [0.1, 0.15) is 16.7 Å². The van der Waals surface area contributed by atoms with Gasteiger partial charge in [0.2, 0.25) is 11.7 Å². The van der Waals surface area contributed by atoms with E-state index in [9.17, 15) is 4.79 Å². The minimum atomic E-state index is -0.241. The van der Waals surface area contributed by atoms with Crippen LogP contribution in [0.5, 0.6) is 17.2 Å². The van der Waals surface area contributed by atoms with Crippen molar-refractivity contribution in [1.29, 1.82) is 0 Å². The van der Waals surface area contributed by atoms with Crippen molar-refractivity contribution < 1.29 is 19.0 Å². The lowest BCUT2D eigenvalue weighted by atomic mass is 10.1. The first-order valence-corrected chi connectivity index (χ1v) is 7.84. The van der Waals surface area contributed by atoms with Crippen molar-refractivity contribution >= 4 is 17.7 Å². The van der Waals surface area contributed by atoms with Crippen LogP contribution in [0.25, 0.3) is 6.08 Å². The van der Waals surface area contributed by atoms with Crippen molar-refractivity contribution in [2.45, 2.75) is 13.8 Å². The van der Waals surface area contributed by atoms with Gasteiger partial charge in [0, 0.05) is 23.9 Å². The Hall–Kier alpha value is -2.95. The zero-order valence-corrected chi connectivity index (χ0v) is 15.2. The third kappa shape index (κ3) is 4.53. The summed E-state index contributed by atoms with van der Waals surface area (Å²) in [5.74, 6) is 1.20. The van der Waals surface area contributed by atoms with Crippen LogP contribution in [0.15, 0.2) is 36.4 Å².